The first-order valence-electron chi connectivity index (χ1n) is 6.87. The van der Waals surface area contributed by atoms with Crippen molar-refractivity contribution in [2.75, 3.05) is 0 Å². The van der Waals surface area contributed by atoms with E-state index in [4.69, 9.17) is 0 Å². The van der Waals surface area contributed by atoms with Crippen LogP contribution in [0.1, 0.15) is 37.0 Å². The Labute approximate surface area is 117 Å². The largest absolute Gasteiger partial charge is 0.507 e. The summed E-state index contributed by atoms with van der Waals surface area (Å²) in [4.78, 5) is 0. The van der Waals surface area contributed by atoms with Gasteiger partial charge in [0.15, 0.2) is 0 Å². The van der Waals surface area contributed by atoms with Crippen LogP contribution in [0.5, 0.6) is 5.75 Å². The smallest absolute Gasteiger partial charge is 0.122 e. The van der Waals surface area contributed by atoms with Crippen molar-refractivity contribution in [3.05, 3.63) is 64.8 Å². The van der Waals surface area contributed by atoms with E-state index in [9.17, 15) is 5.11 Å². The lowest BCUT2D eigenvalue weighted by Gasteiger charge is -2.06. The van der Waals surface area contributed by atoms with Crippen LogP contribution >= 0.6 is 0 Å². The topological polar surface area (TPSA) is 20.2 Å². The number of phenols is 1. The molecule has 1 N–H and O–H groups in total. The molecule has 0 fully saturated rings. The van der Waals surface area contributed by atoms with Gasteiger partial charge in [0.1, 0.15) is 5.75 Å². The molecule has 0 aliphatic carbocycles. The standard InChI is InChI=1S/C18H24O/c1-5-8-16(9-6-2)10-7-11-17-13-14(3)12-15(4)18(17)19/h5,7-10,12-13,19H,6,11H2,1-4H3/b8-5-,10-7+,16-9+. The average molecular weight is 256 g/mol. The fourth-order valence-electron chi connectivity index (χ4n) is 2.15. The number of rotatable bonds is 5. The van der Waals surface area contributed by atoms with Gasteiger partial charge in [-0.15, -0.1) is 0 Å². The van der Waals surface area contributed by atoms with Gasteiger partial charge in [-0.05, 0) is 50.3 Å². The summed E-state index contributed by atoms with van der Waals surface area (Å²) in [7, 11) is 0. The van der Waals surface area contributed by atoms with Crippen LogP contribution in [0.25, 0.3) is 0 Å². The first-order chi connectivity index (χ1) is 9.08. The lowest BCUT2D eigenvalue weighted by molar-refractivity contribution is 0.465. The van der Waals surface area contributed by atoms with Crippen LogP contribution in [-0.2, 0) is 6.42 Å². The normalized spacial score (nSPS) is 12.7. The Morgan fingerprint density at radius 1 is 1.21 bits per heavy atom. The van der Waals surface area contributed by atoms with Gasteiger partial charge in [0, 0.05) is 0 Å². The van der Waals surface area contributed by atoms with Gasteiger partial charge in [-0.1, -0.05) is 55.0 Å². The molecule has 102 valence electrons. The molecule has 0 spiro atoms. The second-order valence-corrected chi connectivity index (χ2v) is 4.81. The summed E-state index contributed by atoms with van der Waals surface area (Å²) >= 11 is 0. The summed E-state index contributed by atoms with van der Waals surface area (Å²) in [6.07, 6.45) is 12.3. The predicted octanol–water partition coefficient (Wildman–Crippen LogP) is 5.02. The summed E-state index contributed by atoms with van der Waals surface area (Å²) in [5.41, 5.74) is 4.34. The minimum absolute atomic E-state index is 0.419. The SMILES string of the molecule is C\C=C/C(/C=C/Cc1cc(C)cc(C)c1O)=C\CC. The molecule has 0 amide bonds. The number of aryl methyl sites for hydroxylation is 2. The maximum atomic E-state index is 10.0. The Hall–Kier alpha value is -1.76. The van der Waals surface area contributed by atoms with Crippen molar-refractivity contribution in [3.63, 3.8) is 0 Å². The predicted molar refractivity (Wildman–Crippen MR) is 83.6 cm³/mol. The van der Waals surface area contributed by atoms with Crippen molar-refractivity contribution in [1.29, 1.82) is 0 Å². The molecule has 0 saturated carbocycles. The van der Waals surface area contributed by atoms with Crippen molar-refractivity contribution in [2.45, 2.75) is 40.5 Å². The highest BCUT2D eigenvalue weighted by molar-refractivity contribution is 5.44. The van der Waals surface area contributed by atoms with E-state index in [1.165, 1.54) is 11.1 Å². The molecule has 0 saturated heterocycles. The zero-order valence-corrected chi connectivity index (χ0v) is 12.4. The quantitative estimate of drug-likeness (QED) is 0.733. The molecular weight excluding hydrogens is 232 g/mol. The molecule has 0 radical (unpaired) electrons. The molecule has 1 aromatic carbocycles. The maximum Gasteiger partial charge on any atom is 0.122 e. The molecule has 19 heavy (non-hydrogen) atoms. The second kappa shape index (κ2) is 7.63. The molecule has 1 rings (SSSR count). The number of aromatic hydroxyl groups is 1. The molecule has 0 bridgehead atoms. The van der Waals surface area contributed by atoms with E-state index >= 15 is 0 Å². The summed E-state index contributed by atoms with van der Waals surface area (Å²) in [5, 5.41) is 10.0. The number of hydrogen-bond acceptors (Lipinski definition) is 1. The number of phenolic OH excluding ortho intramolecular Hbond substituents is 1. The van der Waals surface area contributed by atoms with Gasteiger partial charge in [0.25, 0.3) is 0 Å². The summed E-state index contributed by atoms with van der Waals surface area (Å²) in [5.74, 6) is 0.419. The second-order valence-electron chi connectivity index (χ2n) is 4.81. The third kappa shape index (κ3) is 4.78. The van der Waals surface area contributed by atoms with E-state index in [-0.39, 0.29) is 0 Å². The molecule has 0 atom stereocenters. The van der Waals surface area contributed by atoms with Crippen molar-refractivity contribution in [1.82, 2.24) is 0 Å². The van der Waals surface area contributed by atoms with E-state index in [2.05, 4.69) is 38.2 Å². The summed E-state index contributed by atoms with van der Waals surface area (Å²) in [6, 6.07) is 4.05. The molecule has 0 aliphatic rings. The average Bonchev–Trinajstić information content (AvgIpc) is 2.35. The van der Waals surface area contributed by atoms with Crippen LogP contribution in [0.3, 0.4) is 0 Å². The van der Waals surface area contributed by atoms with Crippen LogP contribution in [0.4, 0.5) is 0 Å². The first-order valence-corrected chi connectivity index (χ1v) is 6.87. The van der Waals surface area contributed by atoms with Crippen LogP contribution in [-0.4, -0.2) is 5.11 Å². The minimum atomic E-state index is 0.419. The van der Waals surface area contributed by atoms with Gasteiger partial charge in [-0.3, -0.25) is 0 Å². The lowest BCUT2D eigenvalue weighted by Crippen LogP contribution is -1.88. The van der Waals surface area contributed by atoms with Crippen molar-refractivity contribution < 1.29 is 5.11 Å². The molecule has 0 aromatic heterocycles. The fourth-order valence-corrected chi connectivity index (χ4v) is 2.15. The Morgan fingerprint density at radius 3 is 2.58 bits per heavy atom. The van der Waals surface area contributed by atoms with Crippen molar-refractivity contribution >= 4 is 0 Å². The van der Waals surface area contributed by atoms with Crippen LogP contribution in [0, 0.1) is 13.8 Å². The van der Waals surface area contributed by atoms with Gasteiger partial charge in [-0.25, -0.2) is 0 Å². The van der Waals surface area contributed by atoms with E-state index in [1.54, 1.807) is 0 Å². The molecular formula is C18H24O. The van der Waals surface area contributed by atoms with E-state index < -0.39 is 0 Å². The van der Waals surface area contributed by atoms with Crippen LogP contribution < -0.4 is 0 Å². The molecule has 0 unspecified atom stereocenters. The van der Waals surface area contributed by atoms with E-state index in [0.717, 1.165) is 24.0 Å². The molecule has 1 nitrogen and oxygen atoms in total. The van der Waals surface area contributed by atoms with Crippen molar-refractivity contribution in [2.24, 2.45) is 0 Å². The number of allylic oxidation sites excluding steroid dienone is 6. The fraction of sp³-hybridized carbons (Fsp3) is 0.333. The Balaban J connectivity index is 2.84. The zero-order valence-electron chi connectivity index (χ0n) is 12.4. The maximum absolute atomic E-state index is 10.0. The third-order valence-corrected chi connectivity index (χ3v) is 2.97. The lowest BCUT2D eigenvalue weighted by atomic mass is 10.0. The minimum Gasteiger partial charge on any atom is -0.507 e. The van der Waals surface area contributed by atoms with Gasteiger partial charge < -0.3 is 5.11 Å². The van der Waals surface area contributed by atoms with Gasteiger partial charge in [0.2, 0.25) is 0 Å². The van der Waals surface area contributed by atoms with Crippen molar-refractivity contribution in [3.8, 4) is 5.75 Å². The highest BCUT2D eigenvalue weighted by Gasteiger charge is 2.03. The summed E-state index contributed by atoms with van der Waals surface area (Å²) < 4.78 is 0. The Bertz CT molecular complexity index is 505. The highest BCUT2D eigenvalue weighted by Crippen LogP contribution is 2.24. The molecule has 0 aliphatic heterocycles. The highest BCUT2D eigenvalue weighted by atomic mass is 16.3. The Kier molecular flexibility index (Phi) is 6.14. The zero-order chi connectivity index (χ0) is 14.3. The van der Waals surface area contributed by atoms with E-state index in [0.29, 0.717) is 5.75 Å². The van der Waals surface area contributed by atoms with E-state index in [1.807, 2.05) is 32.1 Å². The van der Waals surface area contributed by atoms with Gasteiger partial charge in [0.05, 0.1) is 0 Å². The van der Waals surface area contributed by atoms with Gasteiger partial charge >= 0.3 is 0 Å². The number of benzene rings is 1. The summed E-state index contributed by atoms with van der Waals surface area (Å²) in [6.45, 7) is 8.15. The first kappa shape index (κ1) is 15.3. The molecule has 0 heterocycles. The van der Waals surface area contributed by atoms with Gasteiger partial charge in [-0.2, -0.15) is 0 Å². The number of hydrogen-bond donors (Lipinski definition) is 1. The monoisotopic (exact) mass is 256 g/mol. The van der Waals surface area contributed by atoms with Crippen LogP contribution in [0.15, 0.2) is 48.1 Å². The molecule has 1 heteroatoms. The Morgan fingerprint density at radius 2 is 1.95 bits per heavy atom. The third-order valence-electron chi connectivity index (χ3n) is 2.97. The van der Waals surface area contributed by atoms with Crippen LogP contribution in [0.2, 0.25) is 0 Å². The molecule has 1 aromatic rings.